The van der Waals surface area contributed by atoms with Crippen LogP contribution < -0.4 is 10.2 Å². The molecule has 3 heterocycles. The van der Waals surface area contributed by atoms with E-state index in [9.17, 15) is 0 Å². The summed E-state index contributed by atoms with van der Waals surface area (Å²) in [5, 5.41) is 4.77. The monoisotopic (exact) mass is 325 g/mol. The molecule has 2 unspecified atom stereocenters. The third-order valence-electron chi connectivity index (χ3n) is 5.04. The van der Waals surface area contributed by atoms with Gasteiger partial charge in [-0.15, -0.1) is 11.8 Å². The summed E-state index contributed by atoms with van der Waals surface area (Å²) in [7, 11) is 2.25. The number of thioether (sulfide) groups is 1. The Morgan fingerprint density at radius 2 is 2.13 bits per heavy atom. The highest BCUT2D eigenvalue weighted by Crippen LogP contribution is 2.47. The van der Waals surface area contributed by atoms with E-state index in [2.05, 4.69) is 60.6 Å². The van der Waals surface area contributed by atoms with Crippen molar-refractivity contribution in [2.75, 3.05) is 30.8 Å². The van der Waals surface area contributed by atoms with Crippen molar-refractivity contribution in [1.29, 1.82) is 0 Å². The largest absolute Gasteiger partial charge is 0.368 e. The summed E-state index contributed by atoms with van der Waals surface area (Å²) < 4.78 is 0. The first kappa shape index (κ1) is 15.0. The van der Waals surface area contributed by atoms with Crippen molar-refractivity contribution in [1.82, 2.24) is 10.3 Å². The molecule has 3 nitrogen and oxygen atoms in total. The van der Waals surface area contributed by atoms with Crippen molar-refractivity contribution in [3.63, 3.8) is 0 Å². The number of hydrogen-bond acceptors (Lipinski definition) is 4. The zero-order valence-corrected chi connectivity index (χ0v) is 14.6. The SMILES string of the molecule is CCSc1nc(-c2ccccc2)cc2c1N(C)C1CCNCC21. The molecule has 23 heavy (non-hydrogen) atoms. The molecular weight excluding hydrogens is 302 g/mol. The second kappa shape index (κ2) is 6.17. The van der Waals surface area contributed by atoms with Crippen molar-refractivity contribution in [3.05, 3.63) is 42.0 Å². The van der Waals surface area contributed by atoms with Crippen LogP contribution in [0, 0.1) is 0 Å². The standard InChI is InChI=1S/C19H23N3S/c1-3-23-19-18-14(15-12-20-10-9-17(15)22(18)2)11-16(21-19)13-7-5-4-6-8-13/h4-8,11,15,17,20H,3,9-10,12H2,1-2H3. The van der Waals surface area contributed by atoms with E-state index in [1.54, 1.807) is 0 Å². The van der Waals surface area contributed by atoms with Crippen LogP contribution in [0.25, 0.3) is 11.3 Å². The van der Waals surface area contributed by atoms with E-state index in [-0.39, 0.29) is 0 Å². The average Bonchev–Trinajstić information content (AvgIpc) is 2.89. The van der Waals surface area contributed by atoms with Crippen LogP contribution in [0.4, 0.5) is 5.69 Å². The van der Waals surface area contributed by atoms with Gasteiger partial charge < -0.3 is 10.2 Å². The fourth-order valence-electron chi connectivity index (χ4n) is 3.96. The van der Waals surface area contributed by atoms with Crippen LogP contribution in [0.5, 0.6) is 0 Å². The zero-order valence-electron chi connectivity index (χ0n) is 13.7. The van der Waals surface area contributed by atoms with Crippen LogP contribution in [0.2, 0.25) is 0 Å². The number of aromatic nitrogens is 1. The van der Waals surface area contributed by atoms with Gasteiger partial charge in [-0.25, -0.2) is 4.98 Å². The van der Waals surface area contributed by atoms with Gasteiger partial charge in [0.15, 0.2) is 0 Å². The van der Waals surface area contributed by atoms with Crippen molar-refractivity contribution in [2.24, 2.45) is 0 Å². The van der Waals surface area contributed by atoms with E-state index in [1.807, 2.05) is 11.8 Å². The van der Waals surface area contributed by atoms with E-state index in [0.717, 1.165) is 24.5 Å². The number of rotatable bonds is 3. The minimum Gasteiger partial charge on any atom is -0.368 e. The summed E-state index contributed by atoms with van der Waals surface area (Å²) in [6.45, 7) is 4.41. The molecule has 4 rings (SSSR count). The molecule has 0 amide bonds. The van der Waals surface area contributed by atoms with Gasteiger partial charge in [0.05, 0.1) is 11.4 Å². The van der Waals surface area contributed by atoms with Crippen molar-refractivity contribution >= 4 is 17.4 Å². The van der Waals surface area contributed by atoms with Gasteiger partial charge in [-0.2, -0.15) is 0 Å². The van der Waals surface area contributed by atoms with Crippen molar-refractivity contribution < 1.29 is 0 Å². The fourth-order valence-corrected chi connectivity index (χ4v) is 4.79. The van der Waals surface area contributed by atoms with Gasteiger partial charge in [-0.05, 0) is 30.3 Å². The topological polar surface area (TPSA) is 28.2 Å². The first-order valence-electron chi connectivity index (χ1n) is 8.46. The number of benzene rings is 1. The van der Waals surface area contributed by atoms with Crippen LogP contribution in [0.3, 0.4) is 0 Å². The Morgan fingerprint density at radius 1 is 1.30 bits per heavy atom. The van der Waals surface area contributed by atoms with E-state index in [1.165, 1.54) is 28.3 Å². The molecule has 1 N–H and O–H groups in total. The molecule has 1 fully saturated rings. The maximum absolute atomic E-state index is 5.01. The molecule has 0 bridgehead atoms. The van der Waals surface area contributed by atoms with E-state index < -0.39 is 0 Å². The Morgan fingerprint density at radius 3 is 2.91 bits per heavy atom. The highest BCUT2D eigenvalue weighted by molar-refractivity contribution is 7.99. The first-order valence-corrected chi connectivity index (χ1v) is 9.45. The summed E-state index contributed by atoms with van der Waals surface area (Å²) >= 11 is 1.87. The van der Waals surface area contributed by atoms with E-state index in [0.29, 0.717) is 12.0 Å². The minimum absolute atomic E-state index is 0.588. The van der Waals surface area contributed by atoms with Gasteiger partial charge in [0.25, 0.3) is 0 Å². The Kier molecular flexibility index (Phi) is 4.04. The zero-order chi connectivity index (χ0) is 15.8. The van der Waals surface area contributed by atoms with Gasteiger partial charge >= 0.3 is 0 Å². The summed E-state index contributed by atoms with van der Waals surface area (Å²) in [6, 6.07) is 13.5. The first-order chi connectivity index (χ1) is 11.3. The molecule has 0 radical (unpaired) electrons. The maximum atomic E-state index is 5.01. The Bertz CT molecular complexity index is 701. The molecular formula is C19H23N3S. The Labute approximate surface area is 142 Å². The smallest absolute Gasteiger partial charge is 0.120 e. The van der Waals surface area contributed by atoms with Gasteiger partial charge in [-0.1, -0.05) is 37.3 Å². The minimum atomic E-state index is 0.588. The highest BCUT2D eigenvalue weighted by atomic mass is 32.2. The third kappa shape index (κ3) is 2.54. The third-order valence-corrected chi connectivity index (χ3v) is 5.88. The molecule has 2 aliphatic rings. The lowest BCUT2D eigenvalue weighted by Gasteiger charge is -2.31. The van der Waals surface area contributed by atoms with Crippen LogP contribution in [0.15, 0.2) is 41.4 Å². The second-order valence-electron chi connectivity index (χ2n) is 6.33. The molecule has 1 aromatic carbocycles. The molecule has 120 valence electrons. The highest BCUT2D eigenvalue weighted by Gasteiger charge is 2.40. The Hall–Kier alpha value is -1.52. The fraction of sp³-hybridized carbons (Fsp3) is 0.421. The predicted molar refractivity (Wildman–Crippen MR) is 98.5 cm³/mol. The number of likely N-dealkylation sites (N-methyl/N-ethyl adjacent to an activating group) is 1. The normalized spacial score (nSPS) is 22.8. The molecule has 2 atom stereocenters. The molecule has 0 aliphatic carbocycles. The number of nitrogens with zero attached hydrogens (tertiary/aromatic N) is 2. The van der Waals surface area contributed by atoms with Crippen LogP contribution >= 0.6 is 11.8 Å². The van der Waals surface area contributed by atoms with E-state index >= 15 is 0 Å². The number of piperidine rings is 1. The van der Waals surface area contributed by atoms with Gasteiger partial charge in [0, 0.05) is 31.1 Å². The molecule has 4 heteroatoms. The summed E-state index contributed by atoms with van der Waals surface area (Å²) in [5.41, 5.74) is 5.17. The maximum Gasteiger partial charge on any atom is 0.120 e. The second-order valence-corrected chi connectivity index (χ2v) is 7.58. The summed E-state index contributed by atoms with van der Waals surface area (Å²) in [4.78, 5) is 7.50. The predicted octanol–water partition coefficient (Wildman–Crippen LogP) is 3.76. The van der Waals surface area contributed by atoms with Crippen LogP contribution in [-0.4, -0.2) is 36.9 Å². The summed E-state index contributed by atoms with van der Waals surface area (Å²) in [5.74, 6) is 1.64. The van der Waals surface area contributed by atoms with Gasteiger partial charge in [-0.3, -0.25) is 0 Å². The number of nitrogens with one attached hydrogen (secondary N) is 1. The lowest BCUT2D eigenvalue weighted by molar-refractivity contribution is 0.413. The van der Waals surface area contributed by atoms with Crippen LogP contribution in [0.1, 0.15) is 24.8 Å². The lowest BCUT2D eigenvalue weighted by atomic mass is 9.90. The molecule has 1 aromatic heterocycles. The molecule has 0 saturated carbocycles. The van der Waals surface area contributed by atoms with Gasteiger partial charge in [0.1, 0.15) is 5.03 Å². The number of pyridine rings is 1. The number of hydrogen-bond donors (Lipinski definition) is 1. The van der Waals surface area contributed by atoms with Crippen molar-refractivity contribution in [2.45, 2.75) is 30.3 Å². The van der Waals surface area contributed by atoms with E-state index in [4.69, 9.17) is 4.98 Å². The average molecular weight is 325 g/mol. The van der Waals surface area contributed by atoms with Gasteiger partial charge in [0.2, 0.25) is 0 Å². The van der Waals surface area contributed by atoms with Crippen molar-refractivity contribution in [3.8, 4) is 11.3 Å². The Balaban J connectivity index is 1.86. The number of fused-ring (bicyclic) bond motifs is 3. The molecule has 2 aliphatic heterocycles. The van der Waals surface area contributed by atoms with Crippen LogP contribution in [-0.2, 0) is 0 Å². The quantitative estimate of drug-likeness (QED) is 0.870. The lowest BCUT2D eigenvalue weighted by Crippen LogP contribution is -2.42. The summed E-state index contributed by atoms with van der Waals surface area (Å²) in [6.07, 6.45) is 1.22. The molecule has 0 spiro atoms. The molecule has 1 saturated heterocycles. The number of anilines is 1. The molecule has 2 aromatic rings.